The van der Waals surface area contributed by atoms with Crippen LogP contribution < -0.4 is 6.15 Å². The molecule has 2 nitrogen and oxygen atoms in total. The van der Waals surface area contributed by atoms with E-state index in [4.69, 9.17) is 0 Å². The van der Waals surface area contributed by atoms with Gasteiger partial charge in [-0.05, 0) is 37.1 Å². The molecule has 0 unspecified atom stereocenters. The van der Waals surface area contributed by atoms with E-state index in [1.165, 1.54) is 28.3 Å². The first-order valence-corrected chi connectivity index (χ1v) is 5.85. The highest BCUT2D eigenvalue weighted by Crippen LogP contribution is 2.26. The van der Waals surface area contributed by atoms with E-state index in [1.54, 1.807) is 0 Å². The van der Waals surface area contributed by atoms with Gasteiger partial charge in [0.1, 0.15) is 0 Å². The van der Waals surface area contributed by atoms with Gasteiger partial charge in [0.2, 0.25) is 0 Å². The van der Waals surface area contributed by atoms with E-state index in [0.29, 0.717) is 0 Å². The van der Waals surface area contributed by atoms with Crippen LogP contribution in [0.5, 0.6) is 0 Å². The summed E-state index contributed by atoms with van der Waals surface area (Å²) in [7, 11) is 0. The summed E-state index contributed by atoms with van der Waals surface area (Å²) in [6.07, 6.45) is 6.63. The van der Waals surface area contributed by atoms with Gasteiger partial charge in [-0.25, -0.2) is 0 Å². The van der Waals surface area contributed by atoms with E-state index in [0.717, 1.165) is 0 Å². The summed E-state index contributed by atoms with van der Waals surface area (Å²) in [5, 5.41) is 1.33. The van der Waals surface area contributed by atoms with Crippen molar-refractivity contribution in [3.05, 3.63) is 41.0 Å². The van der Waals surface area contributed by atoms with E-state index in [9.17, 15) is 0 Å². The lowest BCUT2D eigenvalue weighted by atomic mass is 10.2. The van der Waals surface area contributed by atoms with Crippen molar-refractivity contribution in [2.75, 3.05) is 0 Å². The molecule has 2 aromatic rings. The second kappa shape index (κ2) is 8.59. The van der Waals surface area contributed by atoms with Gasteiger partial charge in [-0.2, -0.15) is 0 Å². The normalized spacial score (nSPS) is 8.82. The van der Waals surface area contributed by atoms with Gasteiger partial charge in [-0.1, -0.05) is 13.3 Å². The Hall–Kier alpha value is -0.480. The Kier molecular flexibility index (Phi) is 9.53. The van der Waals surface area contributed by atoms with E-state index >= 15 is 0 Å². The summed E-state index contributed by atoms with van der Waals surface area (Å²) in [4.78, 5) is 1.52. The van der Waals surface area contributed by atoms with Gasteiger partial charge in [0.05, 0.1) is 5.00 Å². The van der Waals surface area contributed by atoms with Crippen LogP contribution in [0.4, 0.5) is 0 Å². The average Bonchev–Trinajstić information content (AvgIpc) is 2.76. The lowest BCUT2D eigenvalue weighted by Gasteiger charge is -1.95. The Labute approximate surface area is 119 Å². The van der Waals surface area contributed by atoms with Crippen LogP contribution in [-0.4, -0.2) is 4.57 Å². The minimum Gasteiger partial charge on any atom is -0.344 e. The van der Waals surface area contributed by atoms with Gasteiger partial charge in [-0.3, -0.25) is 0 Å². The Morgan fingerprint density at radius 2 is 1.76 bits per heavy atom. The summed E-state index contributed by atoms with van der Waals surface area (Å²) in [6.45, 7) is 4.43. The van der Waals surface area contributed by atoms with E-state index in [1.807, 2.05) is 11.3 Å². The smallest absolute Gasteiger partial charge is 0.0995 e. The molecular formula is C12H20Cl2N2S. The molecule has 2 rings (SSSR count). The molecule has 0 aliphatic carbocycles. The molecule has 17 heavy (non-hydrogen) atoms. The van der Waals surface area contributed by atoms with E-state index in [-0.39, 0.29) is 31.0 Å². The number of aryl methyl sites for hydroxylation is 2. The third kappa shape index (κ3) is 4.36. The maximum absolute atomic E-state index is 2.27. The molecule has 2 aromatic heterocycles. The van der Waals surface area contributed by atoms with Crippen molar-refractivity contribution in [2.24, 2.45) is 0 Å². The van der Waals surface area contributed by atoms with E-state index in [2.05, 4.69) is 49.0 Å². The van der Waals surface area contributed by atoms with Crippen molar-refractivity contribution in [3.8, 4) is 5.00 Å². The maximum Gasteiger partial charge on any atom is 0.0995 e. The zero-order chi connectivity index (χ0) is 9.97. The number of rotatable bonds is 3. The molecule has 0 saturated heterocycles. The monoisotopic (exact) mass is 294 g/mol. The molecule has 5 heteroatoms. The summed E-state index contributed by atoms with van der Waals surface area (Å²) in [5.74, 6) is 0. The quantitative estimate of drug-likeness (QED) is 0.867. The third-order valence-corrected chi connectivity index (χ3v) is 3.65. The summed E-state index contributed by atoms with van der Waals surface area (Å²) < 4.78 is 2.18. The Morgan fingerprint density at radius 3 is 2.29 bits per heavy atom. The van der Waals surface area contributed by atoms with Crippen molar-refractivity contribution in [1.29, 1.82) is 0 Å². The van der Waals surface area contributed by atoms with Gasteiger partial charge in [0.25, 0.3) is 0 Å². The first kappa shape index (κ1) is 18.9. The standard InChI is InChI=1S/C12H15NS.2ClH.H3N/c1-3-6-11-10(2)9-12(14-11)13-7-4-5-8-13;;;/h4-5,7-9H,3,6H2,1-2H3;2*1H;1H3. The number of hydrogen-bond acceptors (Lipinski definition) is 2. The molecule has 0 radical (unpaired) electrons. The first-order valence-electron chi connectivity index (χ1n) is 5.04. The van der Waals surface area contributed by atoms with Gasteiger partial charge in [0.15, 0.2) is 0 Å². The van der Waals surface area contributed by atoms with Gasteiger partial charge >= 0.3 is 0 Å². The second-order valence-corrected chi connectivity index (χ2v) is 4.65. The largest absolute Gasteiger partial charge is 0.344 e. The van der Waals surface area contributed by atoms with Crippen LogP contribution in [0.3, 0.4) is 0 Å². The highest BCUT2D eigenvalue weighted by atomic mass is 35.5. The average molecular weight is 295 g/mol. The minimum atomic E-state index is 0. The number of halogens is 2. The molecule has 3 N–H and O–H groups in total. The van der Waals surface area contributed by atoms with Crippen molar-refractivity contribution >= 4 is 36.2 Å². The van der Waals surface area contributed by atoms with Crippen molar-refractivity contribution < 1.29 is 0 Å². The van der Waals surface area contributed by atoms with Gasteiger partial charge < -0.3 is 10.7 Å². The Morgan fingerprint density at radius 1 is 1.18 bits per heavy atom. The van der Waals surface area contributed by atoms with Crippen LogP contribution in [0, 0.1) is 6.92 Å². The SMILES string of the molecule is CCCc1sc(-n2cccc2)cc1C.Cl.Cl.N. The number of thiophene rings is 1. The third-order valence-electron chi connectivity index (χ3n) is 2.34. The minimum absolute atomic E-state index is 0. The molecule has 0 atom stereocenters. The summed E-state index contributed by atoms with van der Waals surface area (Å²) >= 11 is 1.90. The molecular weight excluding hydrogens is 275 g/mol. The predicted molar refractivity (Wildman–Crippen MR) is 81.9 cm³/mol. The second-order valence-electron chi connectivity index (χ2n) is 3.53. The molecule has 0 aliphatic rings. The summed E-state index contributed by atoms with van der Waals surface area (Å²) in [6, 6.07) is 6.40. The van der Waals surface area contributed by atoms with Crippen molar-refractivity contribution in [2.45, 2.75) is 26.7 Å². The fourth-order valence-corrected chi connectivity index (χ4v) is 2.83. The van der Waals surface area contributed by atoms with Crippen LogP contribution >= 0.6 is 36.2 Å². The van der Waals surface area contributed by atoms with Crippen LogP contribution in [0.1, 0.15) is 23.8 Å². The molecule has 0 saturated carbocycles. The van der Waals surface area contributed by atoms with E-state index < -0.39 is 0 Å². The molecule has 0 fully saturated rings. The summed E-state index contributed by atoms with van der Waals surface area (Å²) in [5.41, 5.74) is 1.43. The molecule has 0 aliphatic heterocycles. The molecule has 0 bridgehead atoms. The molecule has 0 aromatic carbocycles. The van der Waals surface area contributed by atoms with Crippen molar-refractivity contribution in [1.82, 2.24) is 10.7 Å². The number of nitrogens with zero attached hydrogens (tertiary/aromatic N) is 1. The Bertz CT molecular complexity index is 410. The highest BCUT2D eigenvalue weighted by Gasteiger charge is 2.05. The van der Waals surface area contributed by atoms with Gasteiger partial charge in [0, 0.05) is 17.3 Å². The highest BCUT2D eigenvalue weighted by molar-refractivity contribution is 7.14. The Balaban J connectivity index is 0. The topological polar surface area (TPSA) is 39.9 Å². The molecule has 0 amide bonds. The van der Waals surface area contributed by atoms with Crippen LogP contribution in [0.15, 0.2) is 30.6 Å². The predicted octanol–water partition coefficient (Wildman–Crippen LogP) is 4.81. The van der Waals surface area contributed by atoms with Gasteiger partial charge in [-0.15, -0.1) is 36.2 Å². The van der Waals surface area contributed by atoms with Crippen LogP contribution in [0.25, 0.3) is 5.00 Å². The number of hydrogen-bond donors (Lipinski definition) is 1. The molecule has 98 valence electrons. The van der Waals surface area contributed by atoms with Crippen LogP contribution in [0.2, 0.25) is 0 Å². The van der Waals surface area contributed by atoms with Crippen molar-refractivity contribution in [3.63, 3.8) is 0 Å². The molecule has 0 spiro atoms. The zero-order valence-corrected chi connectivity index (χ0v) is 12.6. The fourth-order valence-electron chi connectivity index (χ4n) is 1.59. The first-order chi connectivity index (χ1) is 6.81. The fraction of sp³-hybridized carbons (Fsp3) is 0.333. The lowest BCUT2D eigenvalue weighted by molar-refractivity contribution is 0.933. The maximum atomic E-state index is 2.27. The molecule has 2 heterocycles. The lowest BCUT2D eigenvalue weighted by Crippen LogP contribution is -1.82. The number of aromatic nitrogens is 1. The zero-order valence-electron chi connectivity index (χ0n) is 10.2. The van der Waals surface area contributed by atoms with Crippen LogP contribution in [-0.2, 0) is 6.42 Å².